The van der Waals surface area contributed by atoms with Gasteiger partial charge in [-0.05, 0) is 12.2 Å². The van der Waals surface area contributed by atoms with Crippen LogP contribution in [0, 0.1) is 0 Å². The number of carbonyl (C=O) groups is 2. The highest BCUT2D eigenvalue weighted by Crippen LogP contribution is 2.15. The topological polar surface area (TPSA) is 49.9 Å². The Morgan fingerprint density at radius 2 is 2.06 bits per heavy atom. The van der Waals surface area contributed by atoms with E-state index >= 15 is 0 Å². The zero-order valence-corrected chi connectivity index (χ0v) is 11.6. The summed E-state index contributed by atoms with van der Waals surface area (Å²) in [5.41, 5.74) is 0. The fourth-order valence-corrected chi connectivity index (χ4v) is 3.25. The molecule has 0 radical (unpaired) electrons. The molecule has 2 rings (SSSR count). The van der Waals surface area contributed by atoms with E-state index in [4.69, 9.17) is 4.74 Å². The quantitative estimate of drug-likeness (QED) is 0.684. The number of nitrogens with zero attached hydrogens (tertiary/aromatic N) is 2. The molecule has 0 saturated carbocycles. The molecule has 0 aromatic heterocycles. The molecule has 2 aliphatic heterocycles. The zero-order valence-electron chi connectivity index (χ0n) is 10.8. The summed E-state index contributed by atoms with van der Waals surface area (Å²) in [5.74, 6) is 2.11. The van der Waals surface area contributed by atoms with Gasteiger partial charge >= 0.3 is 0 Å². The lowest BCUT2D eigenvalue weighted by Gasteiger charge is -2.36. The van der Waals surface area contributed by atoms with Crippen molar-refractivity contribution in [3.8, 4) is 0 Å². The van der Waals surface area contributed by atoms with Crippen molar-refractivity contribution in [1.82, 2.24) is 9.80 Å². The molecule has 2 saturated heterocycles. The van der Waals surface area contributed by atoms with Crippen LogP contribution in [0.1, 0.15) is 13.3 Å². The first-order chi connectivity index (χ1) is 8.70. The number of thioether (sulfide) groups is 1. The maximum Gasteiger partial charge on any atom is 0.247 e. The Morgan fingerprint density at radius 1 is 1.22 bits per heavy atom. The predicted octanol–water partition coefficient (Wildman–Crippen LogP) is 0.199. The van der Waals surface area contributed by atoms with Gasteiger partial charge in [0.1, 0.15) is 6.04 Å². The largest absolute Gasteiger partial charge is 0.377 e. The van der Waals surface area contributed by atoms with Crippen molar-refractivity contribution in [2.45, 2.75) is 19.4 Å². The lowest BCUT2D eigenvalue weighted by molar-refractivity contribution is -0.152. The SMILES string of the molecule is CC(=O)N1CCOC[C@@H]1C(=O)N1CCCSCC1. The van der Waals surface area contributed by atoms with Crippen molar-refractivity contribution < 1.29 is 14.3 Å². The number of hydrogen-bond acceptors (Lipinski definition) is 4. The van der Waals surface area contributed by atoms with Crippen LogP contribution in [-0.4, -0.2) is 72.0 Å². The van der Waals surface area contributed by atoms with Crippen molar-refractivity contribution in [2.24, 2.45) is 0 Å². The second-order valence-corrected chi connectivity index (χ2v) is 5.82. The van der Waals surface area contributed by atoms with Gasteiger partial charge in [0.05, 0.1) is 13.2 Å². The van der Waals surface area contributed by atoms with Crippen LogP contribution in [0.15, 0.2) is 0 Å². The van der Waals surface area contributed by atoms with Crippen molar-refractivity contribution in [1.29, 1.82) is 0 Å². The predicted molar refractivity (Wildman–Crippen MR) is 70.5 cm³/mol. The van der Waals surface area contributed by atoms with Crippen LogP contribution in [0.25, 0.3) is 0 Å². The molecular weight excluding hydrogens is 252 g/mol. The molecule has 2 fully saturated rings. The Morgan fingerprint density at radius 3 is 2.83 bits per heavy atom. The highest BCUT2D eigenvalue weighted by molar-refractivity contribution is 7.99. The molecular formula is C12H20N2O3S. The standard InChI is InChI=1S/C12H20N2O3S/c1-10(15)14-4-6-17-9-11(14)12(16)13-3-2-7-18-8-5-13/h11H,2-9H2,1H3/t11-/m1/s1. The van der Waals surface area contributed by atoms with Gasteiger partial charge in [0, 0.05) is 32.3 Å². The summed E-state index contributed by atoms with van der Waals surface area (Å²) in [7, 11) is 0. The molecule has 0 N–H and O–H groups in total. The van der Waals surface area contributed by atoms with E-state index < -0.39 is 6.04 Å². The number of ether oxygens (including phenoxy) is 1. The zero-order chi connectivity index (χ0) is 13.0. The average molecular weight is 272 g/mol. The van der Waals surface area contributed by atoms with E-state index in [1.807, 2.05) is 16.7 Å². The molecule has 0 unspecified atom stereocenters. The summed E-state index contributed by atoms with van der Waals surface area (Å²) in [6.45, 7) is 4.49. The molecule has 2 heterocycles. The summed E-state index contributed by atoms with van der Waals surface area (Å²) in [6.07, 6.45) is 1.03. The van der Waals surface area contributed by atoms with Gasteiger partial charge in [-0.1, -0.05) is 0 Å². The molecule has 5 nitrogen and oxygen atoms in total. The van der Waals surface area contributed by atoms with E-state index in [0.29, 0.717) is 19.8 Å². The van der Waals surface area contributed by atoms with Crippen LogP contribution in [0.5, 0.6) is 0 Å². The lowest BCUT2D eigenvalue weighted by Crippen LogP contribution is -2.56. The van der Waals surface area contributed by atoms with Gasteiger partial charge in [0.25, 0.3) is 0 Å². The molecule has 18 heavy (non-hydrogen) atoms. The van der Waals surface area contributed by atoms with Gasteiger partial charge in [-0.2, -0.15) is 11.8 Å². The molecule has 6 heteroatoms. The lowest BCUT2D eigenvalue weighted by atomic mass is 10.2. The number of amides is 2. The number of morpholine rings is 1. The van der Waals surface area contributed by atoms with Gasteiger partial charge in [0.2, 0.25) is 11.8 Å². The van der Waals surface area contributed by atoms with E-state index in [2.05, 4.69) is 0 Å². The van der Waals surface area contributed by atoms with Crippen LogP contribution >= 0.6 is 11.8 Å². The van der Waals surface area contributed by atoms with Gasteiger partial charge < -0.3 is 14.5 Å². The Balaban J connectivity index is 2.02. The second kappa shape index (κ2) is 6.43. The van der Waals surface area contributed by atoms with E-state index in [-0.39, 0.29) is 11.8 Å². The molecule has 0 aromatic carbocycles. The molecule has 0 bridgehead atoms. The Bertz CT molecular complexity index is 316. The van der Waals surface area contributed by atoms with Crippen LogP contribution in [0.4, 0.5) is 0 Å². The van der Waals surface area contributed by atoms with Gasteiger partial charge in [-0.25, -0.2) is 0 Å². The normalized spacial score (nSPS) is 25.7. The van der Waals surface area contributed by atoms with Crippen LogP contribution in [-0.2, 0) is 14.3 Å². The summed E-state index contributed by atoms with van der Waals surface area (Å²) < 4.78 is 5.36. The average Bonchev–Trinajstić information content (AvgIpc) is 2.66. The smallest absolute Gasteiger partial charge is 0.247 e. The van der Waals surface area contributed by atoms with E-state index in [0.717, 1.165) is 31.0 Å². The third-order valence-corrected chi connectivity index (χ3v) is 4.40. The Hall–Kier alpha value is -0.750. The minimum atomic E-state index is -0.417. The number of hydrogen-bond donors (Lipinski definition) is 0. The Labute approximate surface area is 112 Å². The van der Waals surface area contributed by atoms with E-state index in [1.54, 1.807) is 4.90 Å². The fourth-order valence-electron chi connectivity index (χ4n) is 2.36. The summed E-state index contributed by atoms with van der Waals surface area (Å²) in [6, 6.07) is -0.417. The van der Waals surface area contributed by atoms with E-state index in [1.165, 1.54) is 6.92 Å². The highest BCUT2D eigenvalue weighted by Gasteiger charge is 2.34. The van der Waals surface area contributed by atoms with Crippen LogP contribution < -0.4 is 0 Å². The van der Waals surface area contributed by atoms with Crippen molar-refractivity contribution in [3.63, 3.8) is 0 Å². The van der Waals surface area contributed by atoms with Crippen LogP contribution in [0.3, 0.4) is 0 Å². The minimum Gasteiger partial charge on any atom is -0.377 e. The van der Waals surface area contributed by atoms with Gasteiger partial charge in [0.15, 0.2) is 0 Å². The molecule has 0 aromatic rings. The maximum absolute atomic E-state index is 12.5. The third kappa shape index (κ3) is 3.17. The van der Waals surface area contributed by atoms with Crippen molar-refractivity contribution in [3.05, 3.63) is 0 Å². The second-order valence-electron chi connectivity index (χ2n) is 4.59. The van der Waals surface area contributed by atoms with Gasteiger partial charge in [-0.3, -0.25) is 9.59 Å². The fraction of sp³-hybridized carbons (Fsp3) is 0.833. The first kappa shape index (κ1) is 13.7. The molecule has 0 aliphatic carbocycles. The molecule has 1 atom stereocenters. The first-order valence-electron chi connectivity index (χ1n) is 6.41. The summed E-state index contributed by atoms with van der Waals surface area (Å²) in [4.78, 5) is 27.6. The summed E-state index contributed by atoms with van der Waals surface area (Å²) >= 11 is 1.88. The molecule has 2 aliphatic rings. The van der Waals surface area contributed by atoms with Crippen molar-refractivity contribution in [2.75, 3.05) is 44.4 Å². The highest BCUT2D eigenvalue weighted by atomic mass is 32.2. The van der Waals surface area contributed by atoms with Crippen LogP contribution in [0.2, 0.25) is 0 Å². The maximum atomic E-state index is 12.5. The summed E-state index contributed by atoms with van der Waals surface area (Å²) in [5, 5.41) is 0. The van der Waals surface area contributed by atoms with E-state index in [9.17, 15) is 9.59 Å². The number of carbonyl (C=O) groups excluding carboxylic acids is 2. The third-order valence-electron chi connectivity index (χ3n) is 3.35. The minimum absolute atomic E-state index is 0.0409. The molecule has 102 valence electrons. The number of rotatable bonds is 1. The van der Waals surface area contributed by atoms with Crippen molar-refractivity contribution >= 4 is 23.6 Å². The Kier molecular flexibility index (Phi) is 4.88. The molecule has 2 amide bonds. The monoisotopic (exact) mass is 272 g/mol. The van der Waals surface area contributed by atoms with Gasteiger partial charge in [-0.15, -0.1) is 0 Å². The molecule has 0 spiro atoms. The first-order valence-corrected chi connectivity index (χ1v) is 7.57.